The SMILES string of the molecule is CCSc1nc2n(n1)C(c1ccc(OCc3cccc(C)c3)c(OC)c1)C(C(=O)OCc1ccccc1)=C(C)N2. The second-order valence-corrected chi connectivity index (χ2v) is 10.6. The third kappa shape index (κ3) is 5.99. The van der Waals surface area contributed by atoms with Crippen LogP contribution in [0.1, 0.15) is 42.1 Å². The number of nitrogens with one attached hydrogen (secondary N) is 1. The van der Waals surface area contributed by atoms with E-state index in [2.05, 4.69) is 29.4 Å². The van der Waals surface area contributed by atoms with Gasteiger partial charge in [0.25, 0.3) is 0 Å². The van der Waals surface area contributed by atoms with Crippen molar-refractivity contribution in [3.63, 3.8) is 0 Å². The third-order valence-corrected chi connectivity index (χ3v) is 7.24. The van der Waals surface area contributed by atoms with Crippen molar-refractivity contribution < 1.29 is 19.0 Å². The van der Waals surface area contributed by atoms with E-state index in [1.807, 2.05) is 74.5 Å². The van der Waals surface area contributed by atoms with E-state index in [0.29, 0.717) is 40.5 Å². The molecule has 0 radical (unpaired) electrons. The van der Waals surface area contributed by atoms with Gasteiger partial charge in [0.15, 0.2) is 11.5 Å². The highest BCUT2D eigenvalue weighted by Crippen LogP contribution is 2.40. The second kappa shape index (κ2) is 12.3. The molecule has 5 rings (SSSR count). The lowest BCUT2D eigenvalue weighted by atomic mass is 9.95. The van der Waals surface area contributed by atoms with E-state index in [4.69, 9.17) is 19.3 Å². The molecule has 0 fully saturated rings. The molecule has 0 amide bonds. The molecule has 40 heavy (non-hydrogen) atoms. The first-order valence-electron chi connectivity index (χ1n) is 13.1. The Hall–Kier alpha value is -4.24. The molecule has 9 heteroatoms. The lowest BCUT2D eigenvalue weighted by molar-refractivity contribution is -0.140. The van der Waals surface area contributed by atoms with Gasteiger partial charge in [0.2, 0.25) is 11.1 Å². The van der Waals surface area contributed by atoms with Crippen LogP contribution in [0.15, 0.2) is 89.2 Å². The number of fused-ring (bicyclic) bond motifs is 1. The fraction of sp³-hybridized carbons (Fsp3) is 0.258. The van der Waals surface area contributed by atoms with Crippen molar-refractivity contribution in [3.8, 4) is 11.5 Å². The highest BCUT2D eigenvalue weighted by Gasteiger charge is 2.36. The number of aryl methyl sites for hydroxylation is 1. The van der Waals surface area contributed by atoms with Crippen molar-refractivity contribution in [1.29, 1.82) is 0 Å². The van der Waals surface area contributed by atoms with Gasteiger partial charge >= 0.3 is 5.97 Å². The Bertz CT molecular complexity index is 1530. The van der Waals surface area contributed by atoms with E-state index < -0.39 is 12.0 Å². The number of hydrogen-bond donors (Lipinski definition) is 1. The largest absolute Gasteiger partial charge is 0.493 e. The van der Waals surface area contributed by atoms with E-state index in [1.165, 1.54) is 17.3 Å². The number of ether oxygens (including phenoxy) is 3. The Morgan fingerprint density at radius 3 is 2.52 bits per heavy atom. The number of nitrogens with zero attached hydrogens (tertiary/aromatic N) is 3. The molecule has 1 aliphatic rings. The van der Waals surface area contributed by atoms with Gasteiger partial charge in [-0.05, 0) is 48.4 Å². The minimum absolute atomic E-state index is 0.166. The number of benzene rings is 3. The topological polar surface area (TPSA) is 87.5 Å². The fourth-order valence-electron chi connectivity index (χ4n) is 4.63. The lowest BCUT2D eigenvalue weighted by Crippen LogP contribution is -2.29. The number of carbonyl (C=O) groups is 1. The van der Waals surface area contributed by atoms with Crippen molar-refractivity contribution in [1.82, 2.24) is 14.8 Å². The molecule has 4 aromatic rings. The highest BCUT2D eigenvalue weighted by molar-refractivity contribution is 7.99. The van der Waals surface area contributed by atoms with Crippen molar-refractivity contribution in [2.75, 3.05) is 18.2 Å². The summed E-state index contributed by atoms with van der Waals surface area (Å²) in [6, 6.07) is 22.9. The summed E-state index contributed by atoms with van der Waals surface area (Å²) in [5.41, 5.74) is 5.07. The number of methoxy groups -OCH3 is 1. The monoisotopic (exact) mass is 556 g/mol. The molecule has 0 bridgehead atoms. The number of allylic oxidation sites excluding steroid dienone is 1. The summed E-state index contributed by atoms with van der Waals surface area (Å²) in [5, 5.41) is 8.62. The molecule has 1 atom stereocenters. The van der Waals surface area contributed by atoms with E-state index in [9.17, 15) is 4.79 Å². The van der Waals surface area contributed by atoms with Gasteiger partial charge in [-0.2, -0.15) is 4.98 Å². The zero-order valence-electron chi connectivity index (χ0n) is 23.0. The number of hydrogen-bond acceptors (Lipinski definition) is 8. The summed E-state index contributed by atoms with van der Waals surface area (Å²) in [4.78, 5) is 18.2. The minimum atomic E-state index is -0.571. The molecule has 0 saturated heterocycles. The van der Waals surface area contributed by atoms with Gasteiger partial charge < -0.3 is 19.5 Å². The van der Waals surface area contributed by atoms with Gasteiger partial charge in [0.05, 0.1) is 12.7 Å². The van der Waals surface area contributed by atoms with Crippen LogP contribution in [-0.4, -0.2) is 33.6 Å². The zero-order valence-corrected chi connectivity index (χ0v) is 23.8. The lowest BCUT2D eigenvalue weighted by Gasteiger charge is -2.28. The Balaban J connectivity index is 1.48. The van der Waals surface area contributed by atoms with Crippen LogP contribution in [0.4, 0.5) is 5.95 Å². The molecule has 0 aliphatic carbocycles. The predicted octanol–water partition coefficient (Wildman–Crippen LogP) is 6.32. The number of thioether (sulfide) groups is 1. The zero-order chi connectivity index (χ0) is 28.1. The normalized spacial score (nSPS) is 14.3. The summed E-state index contributed by atoms with van der Waals surface area (Å²) in [5.74, 6) is 2.13. The van der Waals surface area contributed by atoms with Gasteiger partial charge in [0.1, 0.15) is 19.3 Å². The first-order chi connectivity index (χ1) is 19.5. The molecule has 0 saturated carbocycles. The summed E-state index contributed by atoms with van der Waals surface area (Å²) in [6.45, 7) is 6.53. The van der Waals surface area contributed by atoms with Crippen molar-refractivity contribution in [2.24, 2.45) is 0 Å². The quantitative estimate of drug-likeness (QED) is 0.179. The molecule has 8 nitrogen and oxygen atoms in total. The second-order valence-electron chi connectivity index (χ2n) is 9.41. The molecule has 1 aliphatic heterocycles. The number of esters is 1. The Labute approximate surface area is 238 Å². The predicted molar refractivity (Wildman–Crippen MR) is 156 cm³/mol. The van der Waals surface area contributed by atoms with Crippen LogP contribution in [-0.2, 0) is 22.7 Å². The minimum Gasteiger partial charge on any atom is -0.493 e. The average Bonchev–Trinajstić information content (AvgIpc) is 3.36. The maximum Gasteiger partial charge on any atom is 0.338 e. The van der Waals surface area contributed by atoms with Crippen molar-refractivity contribution >= 4 is 23.7 Å². The standard InChI is InChI=1S/C31H32N4O4S/c1-5-40-31-33-30-32-21(3)27(29(36)39-18-22-11-7-6-8-12-22)28(35(30)34-31)24-14-15-25(26(17-24)37-4)38-19-23-13-9-10-20(2)16-23/h6-17,28H,5,18-19H2,1-4H3,(H,32,33,34). The molecule has 1 unspecified atom stereocenters. The molecule has 2 heterocycles. The maximum atomic E-state index is 13.6. The van der Waals surface area contributed by atoms with Crippen LogP contribution in [0.25, 0.3) is 0 Å². The maximum absolute atomic E-state index is 13.6. The molecule has 1 aromatic heterocycles. The van der Waals surface area contributed by atoms with Crippen LogP contribution in [0.2, 0.25) is 0 Å². The van der Waals surface area contributed by atoms with E-state index in [1.54, 1.807) is 11.8 Å². The van der Waals surface area contributed by atoms with Gasteiger partial charge in [-0.25, -0.2) is 9.48 Å². The Kier molecular flexibility index (Phi) is 8.40. The van der Waals surface area contributed by atoms with Crippen LogP contribution in [0.5, 0.6) is 11.5 Å². The summed E-state index contributed by atoms with van der Waals surface area (Å²) >= 11 is 1.54. The molecular weight excluding hydrogens is 524 g/mol. The van der Waals surface area contributed by atoms with Crippen LogP contribution in [0, 0.1) is 6.92 Å². The van der Waals surface area contributed by atoms with Gasteiger partial charge in [-0.15, -0.1) is 5.10 Å². The number of rotatable bonds is 10. The van der Waals surface area contributed by atoms with Gasteiger partial charge in [0, 0.05) is 5.70 Å². The molecular formula is C31H32N4O4S. The third-order valence-electron chi connectivity index (χ3n) is 6.52. The number of aromatic nitrogens is 3. The van der Waals surface area contributed by atoms with Gasteiger partial charge in [-0.1, -0.05) is 84.9 Å². The van der Waals surface area contributed by atoms with Crippen molar-refractivity contribution in [3.05, 3.63) is 106 Å². The molecule has 206 valence electrons. The summed E-state index contributed by atoms with van der Waals surface area (Å²) in [7, 11) is 1.61. The number of anilines is 1. The Morgan fingerprint density at radius 1 is 0.975 bits per heavy atom. The summed E-state index contributed by atoms with van der Waals surface area (Å²) < 4.78 is 19.4. The van der Waals surface area contributed by atoms with Crippen molar-refractivity contribution in [2.45, 2.75) is 45.2 Å². The first-order valence-corrected chi connectivity index (χ1v) is 14.1. The van der Waals surface area contributed by atoms with Crippen LogP contribution < -0.4 is 14.8 Å². The van der Waals surface area contributed by atoms with E-state index >= 15 is 0 Å². The average molecular weight is 557 g/mol. The molecule has 0 spiro atoms. The number of carbonyl (C=O) groups excluding carboxylic acids is 1. The van der Waals surface area contributed by atoms with Crippen LogP contribution >= 0.6 is 11.8 Å². The molecule has 1 N–H and O–H groups in total. The smallest absolute Gasteiger partial charge is 0.338 e. The fourth-order valence-corrected chi connectivity index (χ4v) is 5.19. The Morgan fingerprint density at radius 2 is 1.77 bits per heavy atom. The molecule has 3 aromatic carbocycles. The van der Waals surface area contributed by atoms with Crippen LogP contribution in [0.3, 0.4) is 0 Å². The van der Waals surface area contributed by atoms with E-state index in [-0.39, 0.29) is 6.61 Å². The first kappa shape index (κ1) is 27.3. The van der Waals surface area contributed by atoms with Gasteiger partial charge in [-0.3, -0.25) is 0 Å². The highest BCUT2D eigenvalue weighted by atomic mass is 32.2. The van der Waals surface area contributed by atoms with E-state index in [0.717, 1.165) is 22.4 Å². The summed E-state index contributed by atoms with van der Waals surface area (Å²) in [6.07, 6.45) is 0.